The lowest BCUT2D eigenvalue weighted by Crippen LogP contribution is -2.25. The highest BCUT2D eigenvalue weighted by Crippen LogP contribution is 2.30. The van der Waals surface area contributed by atoms with Crippen LogP contribution in [0.5, 0.6) is 0 Å². The van der Waals surface area contributed by atoms with Gasteiger partial charge < -0.3 is 10.4 Å². The first kappa shape index (κ1) is 11.3. The van der Waals surface area contributed by atoms with Crippen molar-refractivity contribution in [1.82, 2.24) is 5.32 Å². The number of carbonyl (C=O) groups is 1. The SMILES string of the molecule is CNC(C(=O)O)c1c(Cl)cccc1Cl. The first-order chi connectivity index (χ1) is 6.57. The summed E-state index contributed by atoms with van der Waals surface area (Å²) >= 11 is 11.7. The molecule has 0 amide bonds. The molecular formula is C9H9Cl2NO2. The van der Waals surface area contributed by atoms with Crippen LogP contribution >= 0.6 is 23.2 Å². The minimum absolute atomic E-state index is 0.347. The smallest absolute Gasteiger partial charge is 0.325 e. The maximum Gasteiger partial charge on any atom is 0.325 e. The monoisotopic (exact) mass is 233 g/mol. The van der Waals surface area contributed by atoms with E-state index in [2.05, 4.69) is 5.32 Å². The van der Waals surface area contributed by atoms with Crippen LogP contribution in [0.3, 0.4) is 0 Å². The number of nitrogens with one attached hydrogen (secondary N) is 1. The van der Waals surface area contributed by atoms with Gasteiger partial charge in [0.2, 0.25) is 0 Å². The van der Waals surface area contributed by atoms with Crippen molar-refractivity contribution in [1.29, 1.82) is 0 Å². The molecule has 1 rings (SSSR count). The minimum Gasteiger partial charge on any atom is -0.480 e. The number of hydrogen-bond acceptors (Lipinski definition) is 2. The summed E-state index contributed by atoms with van der Waals surface area (Å²) in [6, 6.07) is 4.01. The molecule has 1 aromatic rings. The van der Waals surface area contributed by atoms with Crippen molar-refractivity contribution < 1.29 is 9.90 Å². The van der Waals surface area contributed by atoms with Gasteiger partial charge in [-0.3, -0.25) is 4.79 Å². The van der Waals surface area contributed by atoms with Crippen molar-refractivity contribution in [3.8, 4) is 0 Å². The molecule has 0 fully saturated rings. The number of aliphatic carboxylic acids is 1. The van der Waals surface area contributed by atoms with Crippen molar-refractivity contribution in [2.24, 2.45) is 0 Å². The van der Waals surface area contributed by atoms with Crippen LogP contribution in [0.1, 0.15) is 11.6 Å². The van der Waals surface area contributed by atoms with Gasteiger partial charge in [0.05, 0.1) is 0 Å². The van der Waals surface area contributed by atoms with E-state index in [1.807, 2.05) is 0 Å². The lowest BCUT2D eigenvalue weighted by atomic mass is 10.1. The zero-order valence-electron chi connectivity index (χ0n) is 7.42. The Kier molecular flexibility index (Phi) is 3.75. The predicted octanol–water partition coefficient (Wildman–Crippen LogP) is 2.34. The number of benzene rings is 1. The van der Waals surface area contributed by atoms with E-state index in [1.165, 1.54) is 0 Å². The number of hydrogen-bond donors (Lipinski definition) is 2. The largest absolute Gasteiger partial charge is 0.480 e. The summed E-state index contributed by atoms with van der Waals surface area (Å²) in [4.78, 5) is 10.9. The molecular weight excluding hydrogens is 225 g/mol. The molecule has 0 aliphatic carbocycles. The second kappa shape index (κ2) is 4.64. The van der Waals surface area contributed by atoms with E-state index in [0.717, 1.165) is 0 Å². The maximum absolute atomic E-state index is 10.9. The van der Waals surface area contributed by atoms with Crippen molar-refractivity contribution in [3.63, 3.8) is 0 Å². The van der Waals surface area contributed by atoms with Crippen molar-refractivity contribution in [3.05, 3.63) is 33.8 Å². The zero-order valence-corrected chi connectivity index (χ0v) is 8.93. The van der Waals surface area contributed by atoms with Crippen LogP contribution in [0.15, 0.2) is 18.2 Å². The predicted molar refractivity (Wildman–Crippen MR) is 55.9 cm³/mol. The molecule has 0 heterocycles. The summed E-state index contributed by atoms with van der Waals surface area (Å²) in [5.41, 5.74) is 0.394. The summed E-state index contributed by atoms with van der Waals surface area (Å²) in [5.74, 6) is -1.01. The van der Waals surface area contributed by atoms with Gasteiger partial charge in [-0.2, -0.15) is 0 Å². The molecule has 0 aliphatic rings. The van der Waals surface area contributed by atoms with Gasteiger partial charge in [0.15, 0.2) is 0 Å². The highest BCUT2D eigenvalue weighted by Gasteiger charge is 2.22. The molecule has 0 saturated carbocycles. The van der Waals surface area contributed by atoms with Crippen LogP contribution in [0.4, 0.5) is 0 Å². The average molecular weight is 234 g/mol. The van der Waals surface area contributed by atoms with Crippen molar-refractivity contribution >= 4 is 29.2 Å². The third kappa shape index (κ3) is 2.18. The third-order valence-electron chi connectivity index (χ3n) is 1.82. The average Bonchev–Trinajstić information content (AvgIpc) is 2.10. The number of carboxylic acids is 1. The van der Waals surface area contributed by atoms with Crippen molar-refractivity contribution in [2.45, 2.75) is 6.04 Å². The lowest BCUT2D eigenvalue weighted by Gasteiger charge is -2.14. The fourth-order valence-electron chi connectivity index (χ4n) is 1.18. The Bertz CT molecular complexity index is 334. The highest BCUT2D eigenvalue weighted by molar-refractivity contribution is 6.36. The van der Waals surface area contributed by atoms with Gasteiger partial charge in [0.25, 0.3) is 0 Å². The van der Waals surface area contributed by atoms with Crippen LogP contribution in [-0.4, -0.2) is 18.1 Å². The molecule has 3 nitrogen and oxygen atoms in total. The maximum atomic E-state index is 10.9. The quantitative estimate of drug-likeness (QED) is 0.843. The summed E-state index contributed by atoms with van der Waals surface area (Å²) in [7, 11) is 1.54. The summed E-state index contributed by atoms with van der Waals surface area (Å²) in [6.07, 6.45) is 0. The Morgan fingerprint density at radius 3 is 2.29 bits per heavy atom. The minimum atomic E-state index is -1.01. The van der Waals surface area contributed by atoms with Gasteiger partial charge in [-0.1, -0.05) is 29.3 Å². The Labute approximate surface area is 91.6 Å². The van der Waals surface area contributed by atoms with Crippen LogP contribution in [-0.2, 0) is 4.79 Å². The second-order valence-electron chi connectivity index (χ2n) is 2.70. The van der Waals surface area contributed by atoms with Crippen LogP contribution < -0.4 is 5.32 Å². The van der Waals surface area contributed by atoms with E-state index < -0.39 is 12.0 Å². The number of carboxylic acid groups (broad SMARTS) is 1. The van der Waals surface area contributed by atoms with E-state index in [9.17, 15) is 4.79 Å². The molecule has 1 atom stereocenters. The molecule has 0 aromatic heterocycles. The standard InChI is InChI=1S/C9H9Cl2NO2/c1-12-8(9(13)14)7-5(10)3-2-4-6(7)11/h2-4,8,12H,1H3,(H,13,14). The van der Waals surface area contributed by atoms with Gasteiger partial charge in [-0.25, -0.2) is 0 Å². The molecule has 0 saturated heterocycles. The second-order valence-corrected chi connectivity index (χ2v) is 3.51. The topological polar surface area (TPSA) is 49.3 Å². The number of likely N-dealkylation sites (N-methyl/N-ethyl adjacent to an activating group) is 1. The van der Waals surface area contributed by atoms with Gasteiger partial charge in [-0.15, -0.1) is 0 Å². The Balaban J connectivity index is 3.22. The molecule has 0 bridgehead atoms. The lowest BCUT2D eigenvalue weighted by molar-refractivity contribution is -0.139. The molecule has 5 heteroatoms. The van der Waals surface area contributed by atoms with E-state index in [-0.39, 0.29) is 0 Å². The molecule has 1 unspecified atom stereocenters. The summed E-state index contributed by atoms with van der Waals surface area (Å²) in [6.45, 7) is 0. The number of rotatable bonds is 3. The Hall–Kier alpha value is -0.770. The van der Waals surface area contributed by atoms with Gasteiger partial charge in [-0.05, 0) is 19.2 Å². The van der Waals surface area contributed by atoms with Crippen molar-refractivity contribution in [2.75, 3.05) is 7.05 Å². The number of halogens is 2. The molecule has 0 spiro atoms. The Morgan fingerprint density at radius 2 is 1.93 bits per heavy atom. The normalized spacial score (nSPS) is 12.5. The third-order valence-corrected chi connectivity index (χ3v) is 2.48. The fourth-order valence-corrected chi connectivity index (χ4v) is 1.79. The highest BCUT2D eigenvalue weighted by atomic mass is 35.5. The zero-order chi connectivity index (χ0) is 10.7. The van der Waals surface area contributed by atoms with E-state index >= 15 is 0 Å². The van der Waals surface area contributed by atoms with Crippen LogP contribution in [0.2, 0.25) is 10.0 Å². The van der Waals surface area contributed by atoms with E-state index in [4.69, 9.17) is 28.3 Å². The fraction of sp³-hybridized carbons (Fsp3) is 0.222. The summed E-state index contributed by atoms with van der Waals surface area (Å²) in [5, 5.41) is 12.2. The molecule has 0 aliphatic heterocycles. The molecule has 14 heavy (non-hydrogen) atoms. The van der Waals surface area contributed by atoms with Gasteiger partial charge in [0, 0.05) is 15.6 Å². The molecule has 1 aromatic carbocycles. The van der Waals surface area contributed by atoms with Crippen LogP contribution in [0.25, 0.3) is 0 Å². The molecule has 2 N–H and O–H groups in total. The van der Waals surface area contributed by atoms with Gasteiger partial charge >= 0.3 is 5.97 Å². The van der Waals surface area contributed by atoms with Crippen LogP contribution in [0, 0.1) is 0 Å². The van der Waals surface area contributed by atoms with E-state index in [0.29, 0.717) is 15.6 Å². The van der Waals surface area contributed by atoms with Gasteiger partial charge in [0.1, 0.15) is 6.04 Å². The molecule has 0 radical (unpaired) electrons. The first-order valence-corrected chi connectivity index (χ1v) is 4.67. The van der Waals surface area contributed by atoms with E-state index in [1.54, 1.807) is 25.2 Å². The Morgan fingerprint density at radius 1 is 1.43 bits per heavy atom. The summed E-state index contributed by atoms with van der Waals surface area (Å²) < 4.78 is 0. The molecule has 76 valence electrons. The first-order valence-electron chi connectivity index (χ1n) is 3.92.